The Morgan fingerprint density at radius 3 is 2.79 bits per heavy atom. The van der Waals surface area contributed by atoms with Crippen molar-refractivity contribution in [2.75, 3.05) is 0 Å². The fourth-order valence-electron chi connectivity index (χ4n) is 2.66. The second-order valence-corrected chi connectivity index (χ2v) is 7.85. The fourth-order valence-corrected chi connectivity index (χ4v) is 6.53. The quantitative estimate of drug-likeness (QED) is 0.358. The van der Waals surface area contributed by atoms with Crippen LogP contribution in [-0.2, 0) is 4.74 Å². The van der Waals surface area contributed by atoms with Gasteiger partial charge >= 0.3 is 0 Å². The number of hydrogen-bond donors (Lipinski definition) is 0. The largest absolute Gasteiger partial charge is 0.378 e. The summed E-state index contributed by atoms with van der Waals surface area (Å²) in [6, 6.07) is -0.216. The van der Waals surface area contributed by atoms with Crippen LogP contribution in [0.2, 0.25) is 0 Å². The lowest BCUT2D eigenvalue weighted by atomic mass is 9.88. The van der Waals surface area contributed by atoms with Crippen LogP contribution in [0.5, 0.6) is 0 Å². The zero-order chi connectivity index (χ0) is 10.5. The maximum atomic E-state index is 14.0. The van der Waals surface area contributed by atoms with Gasteiger partial charge in [0.25, 0.3) is 0 Å². The van der Waals surface area contributed by atoms with Crippen LogP contribution < -0.4 is 0 Å². The van der Waals surface area contributed by atoms with E-state index in [1.165, 1.54) is 0 Å². The molecule has 0 amide bonds. The Morgan fingerprint density at radius 1 is 1.64 bits per heavy atom. The Bertz CT molecular complexity index is 243. The summed E-state index contributed by atoms with van der Waals surface area (Å²) in [6.45, 7) is 2.19. The molecule has 1 heterocycles. The highest BCUT2D eigenvalue weighted by Crippen LogP contribution is 2.55. The van der Waals surface area contributed by atoms with Gasteiger partial charge in [0.15, 0.2) is 0 Å². The molecule has 0 bridgehead atoms. The lowest BCUT2D eigenvalue weighted by Gasteiger charge is -2.22. The van der Waals surface area contributed by atoms with E-state index in [1.54, 1.807) is 0 Å². The predicted molar refractivity (Wildman–Crippen MR) is 75.1 cm³/mol. The maximum absolute atomic E-state index is 14.0. The summed E-state index contributed by atoms with van der Waals surface area (Å²) in [5.74, 6) is 0.628. The predicted octanol–water partition coefficient (Wildman–Crippen LogP) is 2.09. The van der Waals surface area contributed by atoms with Gasteiger partial charge in [-0.1, -0.05) is 58.5 Å². The van der Waals surface area contributed by atoms with E-state index in [1.807, 2.05) is 7.85 Å². The summed E-state index contributed by atoms with van der Waals surface area (Å²) in [5.41, 5.74) is 0. The molecule has 2 fully saturated rings. The third-order valence-electron chi connectivity index (χ3n) is 3.54. The molecule has 0 aromatic carbocycles. The fraction of sp³-hybridized carbons (Fsp3) is 1.00. The highest BCUT2D eigenvalue weighted by Gasteiger charge is 2.62. The molecule has 1 nitrogen and oxygen atoms in total. The van der Waals surface area contributed by atoms with Crippen molar-refractivity contribution in [2.24, 2.45) is 5.92 Å². The molecule has 2 rings (SSSR count). The van der Waals surface area contributed by atoms with E-state index in [-0.39, 0.29) is 15.5 Å². The monoisotopic (exact) mass is 422 g/mol. The summed E-state index contributed by atoms with van der Waals surface area (Å²) in [6.07, 6.45) is 1.45. The van der Waals surface area contributed by atoms with Crippen LogP contribution in [0, 0.1) is 5.92 Å². The minimum Gasteiger partial charge on any atom is -0.378 e. The molecule has 2 aliphatic rings. The summed E-state index contributed by atoms with van der Waals surface area (Å²) >= 11 is 4.75. The molecule has 1 aliphatic heterocycles. The second-order valence-electron chi connectivity index (χ2n) is 4.41. The van der Waals surface area contributed by atoms with E-state index < -0.39 is 6.17 Å². The van der Waals surface area contributed by atoms with Crippen molar-refractivity contribution >= 4 is 53.0 Å². The van der Waals surface area contributed by atoms with E-state index in [9.17, 15) is 4.39 Å². The zero-order valence-electron chi connectivity index (χ0n) is 8.34. The number of ether oxygens (including phenoxy) is 1. The Hall–Kier alpha value is 1.41. The first-order valence-electron chi connectivity index (χ1n) is 5.13. The van der Waals surface area contributed by atoms with E-state index in [2.05, 4.69) is 52.1 Å². The average Bonchev–Trinajstić information content (AvgIpc) is 2.52. The number of alkyl halides is 3. The van der Waals surface area contributed by atoms with Gasteiger partial charge in [0.1, 0.15) is 14.0 Å². The van der Waals surface area contributed by atoms with Crippen molar-refractivity contribution in [1.82, 2.24) is 0 Å². The smallest absolute Gasteiger partial charge is 0.143 e. The van der Waals surface area contributed by atoms with Crippen molar-refractivity contribution in [3.63, 3.8) is 0 Å². The highest BCUT2D eigenvalue weighted by atomic mass is 127. The van der Waals surface area contributed by atoms with Crippen LogP contribution in [-0.4, -0.2) is 33.5 Å². The van der Waals surface area contributed by atoms with E-state index in [0.717, 1.165) is 12.8 Å². The van der Waals surface area contributed by atoms with Crippen LogP contribution in [0.4, 0.5) is 4.39 Å². The molecule has 0 aromatic heterocycles. The lowest BCUT2D eigenvalue weighted by Crippen LogP contribution is -2.37. The van der Waals surface area contributed by atoms with Gasteiger partial charge < -0.3 is 4.74 Å². The van der Waals surface area contributed by atoms with Crippen molar-refractivity contribution in [3.05, 3.63) is 0 Å². The summed E-state index contributed by atoms with van der Waals surface area (Å²) in [5, 5.41) is 0. The average molecular weight is 422 g/mol. The topological polar surface area (TPSA) is 9.23 Å². The van der Waals surface area contributed by atoms with Gasteiger partial charge in [-0.25, -0.2) is 4.39 Å². The Kier molecular flexibility index (Phi) is 3.41. The molecule has 1 aliphatic carbocycles. The van der Waals surface area contributed by atoms with Crippen LogP contribution >= 0.6 is 45.2 Å². The zero-order valence-corrected chi connectivity index (χ0v) is 12.7. The van der Waals surface area contributed by atoms with E-state index >= 15 is 0 Å². The molecule has 14 heavy (non-hydrogen) atoms. The molecule has 5 heteroatoms. The van der Waals surface area contributed by atoms with Gasteiger partial charge in [0.2, 0.25) is 0 Å². The van der Waals surface area contributed by atoms with Crippen molar-refractivity contribution in [3.8, 4) is 0 Å². The third kappa shape index (κ3) is 1.56. The first-order chi connectivity index (χ1) is 6.50. The number of hydrogen-bond acceptors (Lipinski definition) is 1. The first-order valence-corrected chi connectivity index (χ1v) is 7.45. The van der Waals surface area contributed by atoms with Crippen LogP contribution in [0.25, 0.3) is 0 Å². The standard InChI is InChI=1S/C9H14BFI2O/c1-2-4-3-9(13)6(11)8(10)14-7(9)5(4)12/h4-8H,2-3,10H2,1H3/t4-,5+,6+,7+,8+,9-/m0/s1. The molecule has 0 radical (unpaired) electrons. The minimum absolute atomic E-state index is 0.124. The van der Waals surface area contributed by atoms with Gasteiger partial charge in [-0.3, -0.25) is 0 Å². The van der Waals surface area contributed by atoms with Crippen LogP contribution in [0.1, 0.15) is 19.8 Å². The van der Waals surface area contributed by atoms with Gasteiger partial charge in [-0.15, -0.1) is 0 Å². The second kappa shape index (κ2) is 4.02. The first kappa shape index (κ1) is 11.9. The maximum Gasteiger partial charge on any atom is 0.143 e. The Balaban J connectivity index is 2.23. The molecule has 6 atom stereocenters. The lowest BCUT2D eigenvalue weighted by molar-refractivity contribution is 0.0770. The van der Waals surface area contributed by atoms with Crippen molar-refractivity contribution in [1.29, 1.82) is 0 Å². The van der Waals surface area contributed by atoms with Crippen LogP contribution in [0.15, 0.2) is 0 Å². The van der Waals surface area contributed by atoms with Crippen molar-refractivity contribution in [2.45, 2.75) is 45.4 Å². The SMILES string of the molecule is B[C@@H]1O[C@@H]2[C@H](I)[C@@H](CC)C[C@]2(I)[C@@H]1F. The number of rotatable bonds is 1. The summed E-state index contributed by atoms with van der Waals surface area (Å²) < 4.78 is 20.0. The summed E-state index contributed by atoms with van der Waals surface area (Å²) in [4.78, 5) is 0. The molecule has 0 unspecified atom stereocenters. The minimum atomic E-state index is -0.790. The van der Waals surface area contributed by atoms with Gasteiger partial charge in [0, 0.05) is 3.92 Å². The molecule has 0 spiro atoms. The molecule has 80 valence electrons. The third-order valence-corrected chi connectivity index (χ3v) is 6.86. The normalized spacial score (nSPS) is 57.6. The Labute approximate surface area is 113 Å². The van der Waals surface area contributed by atoms with Crippen LogP contribution in [0.3, 0.4) is 0 Å². The molecular weight excluding hydrogens is 408 g/mol. The molecule has 1 saturated heterocycles. The number of fused-ring (bicyclic) bond motifs is 1. The van der Waals surface area contributed by atoms with Gasteiger partial charge in [0.05, 0.1) is 15.5 Å². The molecule has 0 aromatic rings. The van der Waals surface area contributed by atoms with Gasteiger partial charge in [-0.2, -0.15) is 0 Å². The molecular formula is C9H14BFI2O. The number of halogens is 3. The van der Waals surface area contributed by atoms with E-state index in [0.29, 0.717) is 9.84 Å². The molecule has 1 saturated carbocycles. The van der Waals surface area contributed by atoms with E-state index in [4.69, 9.17) is 4.74 Å². The van der Waals surface area contributed by atoms with Gasteiger partial charge in [-0.05, 0) is 12.3 Å². The molecule has 0 N–H and O–H groups in total. The summed E-state index contributed by atoms with van der Waals surface area (Å²) in [7, 11) is 1.85. The Morgan fingerprint density at radius 2 is 2.29 bits per heavy atom. The van der Waals surface area contributed by atoms with Crippen molar-refractivity contribution < 1.29 is 9.13 Å². The highest BCUT2D eigenvalue weighted by molar-refractivity contribution is 14.1.